The maximum atomic E-state index is 12.6. The maximum absolute atomic E-state index is 12.6. The number of hydrogen-bond acceptors (Lipinski definition) is 25. The van der Waals surface area contributed by atoms with E-state index in [4.69, 9.17) is 42.4 Å². The average molecular weight is 919 g/mol. The van der Waals surface area contributed by atoms with E-state index in [1.165, 1.54) is 6.92 Å². The first-order valence-electron chi connectivity index (χ1n) is 17.3. The van der Waals surface area contributed by atoms with E-state index in [0.717, 1.165) is 6.92 Å². The fourth-order valence-electron chi connectivity index (χ4n) is 6.80. The maximum Gasteiger partial charge on any atom is 0.397 e. The molecule has 12 N–H and O–H groups in total. The van der Waals surface area contributed by atoms with Gasteiger partial charge in [-0.2, -0.15) is 16.8 Å². The zero-order valence-corrected chi connectivity index (χ0v) is 32.2. The summed E-state index contributed by atoms with van der Waals surface area (Å²) in [6, 6.07) is -3.27. The molecular weight excluding hydrogens is 876 g/mol. The molecule has 0 bridgehead atoms. The van der Waals surface area contributed by atoms with E-state index >= 15 is 0 Å². The van der Waals surface area contributed by atoms with Crippen molar-refractivity contribution in [2.24, 2.45) is 4.99 Å². The van der Waals surface area contributed by atoms with Crippen molar-refractivity contribution >= 4 is 44.5 Å². The van der Waals surface area contributed by atoms with Crippen LogP contribution in [0.4, 0.5) is 0 Å². The second kappa shape index (κ2) is 18.8. The number of aliphatic carboxylic acids is 2. The summed E-state index contributed by atoms with van der Waals surface area (Å²) in [4.78, 5) is 40.9. The number of carboxylic acid groups (broad SMARTS) is 2. The number of ether oxygens (including phenoxy) is 8. The van der Waals surface area contributed by atoms with Gasteiger partial charge in [0.05, 0.1) is 13.2 Å². The third-order valence-electron chi connectivity index (χ3n) is 9.54. The Bertz CT molecular complexity index is 1820. The van der Waals surface area contributed by atoms with Crippen LogP contribution >= 0.6 is 0 Å². The fraction of sp³-hybridized carbons (Fsp3) is 0.857. The molecule has 30 nitrogen and oxygen atoms in total. The number of aliphatic hydroxyl groups is 7. The number of hydrogen-bond donors (Lipinski definition) is 12. The zero-order chi connectivity index (χ0) is 44.8. The van der Waals surface area contributed by atoms with E-state index in [0.29, 0.717) is 0 Å². The minimum absolute atomic E-state index is 0.0295. The molecule has 4 fully saturated rings. The van der Waals surface area contributed by atoms with Crippen LogP contribution in [0.25, 0.3) is 0 Å². The molecule has 60 heavy (non-hydrogen) atoms. The summed E-state index contributed by atoms with van der Waals surface area (Å²) in [7, 11) is -10.4. The van der Waals surface area contributed by atoms with Crippen LogP contribution in [0.3, 0.4) is 0 Å². The van der Waals surface area contributed by atoms with Crippen LogP contribution in [-0.4, -0.2) is 232 Å². The smallest absolute Gasteiger partial charge is 0.397 e. The number of amides is 1. The predicted molar refractivity (Wildman–Crippen MR) is 177 cm³/mol. The number of carbonyl (C=O) groups is 3. The highest BCUT2D eigenvalue weighted by Gasteiger charge is 2.58. The van der Waals surface area contributed by atoms with Crippen molar-refractivity contribution in [3.63, 3.8) is 0 Å². The molecule has 5 heterocycles. The van der Waals surface area contributed by atoms with Crippen molar-refractivity contribution in [2.45, 2.75) is 137 Å². The summed E-state index contributed by atoms with van der Waals surface area (Å²) in [5.41, 5.74) is 0. The quantitative estimate of drug-likeness (QED) is 0.0679. The Balaban J connectivity index is 1.43. The molecule has 0 aromatic rings. The van der Waals surface area contributed by atoms with Gasteiger partial charge in [0.25, 0.3) is 0 Å². The largest absolute Gasteiger partial charge is 0.479 e. The summed E-state index contributed by atoms with van der Waals surface area (Å²) in [6.07, 6.45) is -38.4. The van der Waals surface area contributed by atoms with Gasteiger partial charge in [0.15, 0.2) is 37.0 Å². The minimum atomic E-state index is -5.29. The van der Waals surface area contributed by atoms with Crippen LogP contribution in [0, 0.1) is 0 Å². The van der Waals surface area contributed by atoms with Crippen molar-refractivity contribution in [2.75, 3.05) is 13.2 Å². The van der Waals surface area contributed by atoms with Crippen LogP contribution in [0.2, 0.25) is 0 Å². The van der Waals surface area contributed by atoms with Crippen molar-refractivity contribution in [1.82, 2.24) is 5.32 Å². The molecule has 344 valence electrons. The summed E-state index contributed by atoms with van der Waals surface area (Å²) < 4.78 is 116. The van der Waals surface area contributed by atoms with E-state index in [-0.39, 0.29) is 5.90 Å². The second-order valence-corrected chi connectivity index (χ2v) is 15.9. The van der Waals surface area contributed by atoms with Crippen LogP contribution in [0.1, 0.15) is 13.8 Å². The topological polar surface area (TPSA) is 459 Å². The number of carboxylic acids is 2. The van der Waals surface area contributed by atoms with Gasteiger partial charge in [-0.15, -0.1) is 0 Å². The standard InChI is InChI=1S/C28H42N2O28S2/c1-5(31)29-9-18(54-27-16(37)13(34)14(35)21(57-27)23(39)40)11(32)8(4-50-60(46,47)48)53-26(9)56-20-15(36)17(38)28(58-22(20)24(41)42)55-19-10-25(51-6(2)30-10)52-7(12(19)33)3-49-59(43,44)45/h7-22,25-28,32-38H,3-4H2,1-2H3,(H,29,31)(H,39,40)(H,41,42)(H,43,44,45)(H,46,47,48)/t7?,8?,9?,10?,11-,12-,13-,14-,15+,16?,17?,18+,19+,20-,21?,22?,25-,26-,27+,28+/m0/s1. The number of carbonyl (C=O) groups excluding carboxylic acids is 1. The van der Waals surface area contributed by atoms with Gasteiger partial charge in [-0.05, 0) is 0 Å². The first-order chi connectivity index (χ1) is 27.8. The lowest BCUT2D eigenvalue weighted by molar-refractivity contribution is -0.367. The van der Waals surface area contributed by atoms with Crippen molar-refractivity contribution < 1.29 is 133 Å². The van der Waals surface area contributed by atoms with E-state index < -0.39 is 175 Å². The van der Waals surface area contributed by atoms with Gasteiger partial charge < -0.3 is 89.2 Å². The van der Waals surface area contributed by atoms with Gasteiger partial charge in [0.1, 0.15) is 85.3 Å². The first-order valence-corrected chi connectivity index (χ1v) is 20.0. The molecule has 5 rings (SSSR count). The Morgan fingerprint density at radius 3 is 1.65 bits per heavy atom. The minimum Gasteiger partial charge on any atom is -0.479 e. The summed E-state index contributed by atoms with van der Waals surface area (Å²) in [5.74, 6) is -4.82. The Morgan fingerprint density at radius 1 is 0.633 bits per heavy atom. The number of aliphatic imine (C=N–C) groups is 1. The van der Waals surface area contributed by atoms with Gasteiger partial charge in [-0.25, -0.2) is 22.9 Å². The lowest BCUT2D eigenvalue weighted by Gasteiger charge is -2.49. The third-order valence-corrected chi connectivity index (χ3v) is 10.4. The van der Waals surface area contributed by atoms with Crippen molar-refractivity contribution in [3.8, 4) is 0 Å². The molecule has 32 heteroatoms. The molecule has 20 atom stereocenters. The van der Waals surface area contributed by atoms with E-state index in [1.54, 1.807) is 0 Å². The molecule has 0 aliphatic carbocycles. The van der Waals surface area contributed by atoms with Crippen LogP contribution in [-0.2, 0) is 81.4 Å². The van der Waals surface area contributed by atoms with Crippen molar-refractivity contribution in [3.05, 3.63) is 0 Å². The lowest BCUT2D eigenvalue weighted by Crippen LogP contribution is -2.70. The molecular formula is C28H42N2O28S2. The van der Waals surface area contributed by atoms with Crippen LogP contribution < -0.4 is 5.32 Å². The third kappa shape index (κ3) is 11.0. The molecule has 8 unspecified atom stereocenters. The van der Waals surface area contributed by atoms with Crippen molar-refractivity contribution in [1.29, 1.82) is 0 Å². The zero-order valence-electron chi connectivity index (χ0n) is 30.6. The second-order valence-electron chi connectivity index (χ2n) is 13.8. The SMILES string of the molecule is CC(=O)NC1[C@H](O[C@@H]2C(C(=O)O)O[C@@H](O[C@@H]3C4N=C(C)O[C@H]4OC(COS(=O)(=O)O)[C@@H]3O)C(O)[C@H]2O)OC(COS(=O)(=O)O)[C@H](O)[C@@H]1O[C@@H]1OC(C(=O)O)[C@@H](O)[C@H](O)C1O. The lowest BCUT2D eigenvalue weighted by atomic mass is 9.94. The van der Waals surface area contributed by atoms with Crippen LogP contribution in [0.15, 0.2) is 4.99 Å². The molecule has 0 aromatic carbocycles. The summed E-state index contributed by atoms with van der Waals surface area (Å²) in [5, 5.41) is 97.7. The highest BCUT2D eigenvalue weighted by Crippen LogP contribution is 2.36. The molecule has 0 radical (unpaired) electrons. The van der Waals surface area contributed by atoms with Gasteiger partial charge in [0, 0.05) is 13.8 Å². The molecule has 1 amide bonds. The van der Waals surface area contributed by atoms with Gasteiger partial charge in [-0.3, -0.25) is 13.9 Å². The Morgan fingerprint density at radius 2 is 1.12 bits per heavy atom. The number of aliphatic hydroxyl groups excluding tert-OH is 7. The number of nitrogens with zero attached hydrogens (tertiary/aromatic N) is 1. The number of fused-ring (bicyclic) bond motifs is 1. The number of nitrogens with one attached hydrogen (secondary N) is 1. The molecule has 0 saturated carbocycles. The average Bonchev–Trinajstić information content (AvgIpc) is 3.51. The molecule has 4 saturated heterocycles. The Hall–Kier alpha value is -2.94. The van der Waals surface area contributed by atoms with E-state index in [2.05, 4.69) is 18.7 Å². The van der Waals surface area contributed by atoms with E-state index in [9.17, 15) is 81.7 Å². The highest BCUT2D eigenvalue weighted by molar-refractivity contribution is 7.81. The predicted octanol–water partition coefficient (Wildman–Crippen LogP) is -8.30. The first kappa shape index (κ1) is 48.1. The van der Waals surface area contributed by atoms with Gasteiger partial charge in [-0.1, -0.05) is 0 Å². The summed E-state index contributed by atoms with van der Waals surface area (Å²) in [6.45, 7) is -0.0769. The molecule has 5 aliphatic heterocycles. The molecule has 0 spiro atoms. The van der Waals surface area contributed by atoms with Crippen LogP contribution in [0.5, 0.6) is 0 Å². The summed E-state index contributed by atoms with van der Waals surface area (Å²) >= 11 is 0. The molecule has 5 aliphatic rings. The Kier molecular flexibility index (Phi) is 15.1. The monoisotopic (exact) mass is 918 g/mol. The Labute approximate surface area is 336 Å². The van der Waals surface area contributed by atoms with Gasteiger partial charge >= 0.3 is 32.7 Å². The highest BCUT2D eigenvalue weighted by atomic mass is 32.3. The van der Waals surface area contributed by atoms with E-state index in [1.807, 2.05) is 0 Å². The number of rotatable bonds is 15. The fourth-order valence-corrected chi connectivity index (χ4v) is 7.41. The normalized spacial score (nSPS) is 43.6. The van der Waals surface area contributed by atoms with Gasteiger partial charge in [0.2, 0.25) is 12.2 Å². The molecule has 0 aromatic heterocycles.